The molecule has 7 nitrogen and oxygen atoms in total. The van der Waals surface area contributed by atoms with Crippen molar-refractivity contribution in [3.05, 3.63) is 23.9 Å². The van der Waals surface area contributed by atoms with Gasteiger partial charge in [0.15, 0.2) is 5.96 Å². The van der Waals surface area contributed by atoms with Crippen LogP contribution in [0, 0.1) is 5.92 Å². The van der Waals surface area contributed by atoms with Crippen LogP contribution in [0.5, 0.6) is 5.88 Å². The summed E-state index contributed by atoms with van der Waals surface area (Å²) in [4.78, 5) is 22.2. The molecule has 8 heteroatoms. The topological polar surface area (TPSA) is 78.9 Å². The maximum absolute atomic E-state index is 11.7. The monoisotopic (exact) mass is 503 g/mol. The zero-order chi connectivity index (χ0) is 19.6. The lowest BCUT2D eigenvalue weighted by atomic mass is 9.89. The molecule has 2 rings (SSSR count). The number of hydrogen-bond acceptors (Lipinski definition) is 4. The third-order valence-corrected chi connectivity index (χ3v) is 4.72. The van der Waals surface area contributed by atoms with E-state index in [0.29, 0.717) is 18.4 Å². The Morgan fingerprint density at radius 2 is 2.00 bits per heavy atom. The van der Waals surface area contributed by atoms with E-state index in [1.165, 1.54) is 12.8 Å². The van der Waals surface area contributed by atoms with Gasteiger partial charge in [0, 0.05) is 32.9 Å². The number of carbonyl (C=O) groups excluding carboxylic acids is 1. The van der Waals surface area contributed by atoms with Crippen LogP contribution in [0.1, 0.15) is 45.1 Å². The Labute approximate surface area is 185 Å². The fraction of sp³-hybridized carbons (Fsp3) is 0.650. The predicted octanol–water partition coefficient (Wildman–Crippen LogP) is 2.80. The number of guanidine groups is 1. The first kappa shape index (κ1) is 24.5. The smallest absolute Gasteiger partial charge is 0.241 e. The van der Waals surface area contributed by atoms with Gasteiger partial charge < -0.3 is 20.3 Å². The van der Waals surface area contributed by atoms with Gasteiger partial charge in [-0.3, -0.25) is 4.79 Å². The van der Waals surface area contributed by atoms with Crippen molar-refractivity contribution in [3.8, 4) is 5.88 Å². The first-order valence-electron chi connectivity index (χ1n) is 9.81. The highest BCUT2D eigenvalue weighted by Gasteiger charge is 2.19. The number of carbonyl (C=O) groups is 1. The fourth-order valence-corrected chi connectivity index (χ4v) is 2.96. The molecule has 0 aliphatic heterocycles. The number of nitrogens with one attached hydrogen (secondary N) is 2. The van der Waals surface area contributed by atoms with Gasteiger partial charge in [-0.05, 0) is 50.2 Å². The minimum absolute atomic E-state index is 0. The van der Waals surface area contributed by atoms with Gasteiger partial charge in [0.2, 0.25) is 11.8 Å². The largest absolute Gasteiger partial charge is 0.474 e. The number of rotatable bonds is 7. The van der Waals surface area contributed by atoms with Gasteiger partial charge in [-0.15, -0.1) is 24.0 Å². The van der Waals surface area contributed by atoms with E-state index in [-0.39, 0.29) is 42.5 Å². The number of halogens is 1. The lowest BCUT2D eigenvalue weighted by molar-refractivity contribution is -0.127. The van der Waals surface area contributed by atoms with Crippen LogP contribution >= 0.6 is 24.0 Å². The lowest BCUT2D eigenvalue weighted by Crippen LogP contribution is -2.42. The molecule has 158 valence electrons. The summed E-state index contributed by atoms with van der Waals surface area (Å²) >= 11 is 0. The number of ether oxygens (including phenoxy) is 1. The standard InChI is InChI=1S/C20H33N5O2.HI/c1-5-21-20(24-14-19(26)25(3)4)23-13-16-10-11-22-18(12-16)27-17-8-6-15(2)7-9-17;/h10-12,15,17H,5-9,13-14H2,1-4H3,(H2,21,23,24);1H. The van der Waals surface area contributed by atoms with E-state index in [1.54, 1.807) is 25.2 Å². The van der Waals surface area contributed by atoms with Crippen LogP contribution in [0.25, 0.3) is 0 Å². The van der Waals surface area contributed by atoms with Crippen molar-refractivity contribution < 1.29 is 9.53 Å². The van der Waals surface area contributed by atoms with E-state index in [0.717, 1.165) is 30.9 Å². The first-order valence-corrected chi connectivity index (χ1v) is 9.81. The Morgan fingerprint density at radius 1 is 1.29 bits per heavy atom. The second kappa shape index (κ2) is 12.8. The molecule has 1 aliphatic rings. The molecule has 0 spiro atoms. The SMILES string of the molecule is CCNC(=NCc1ccnc(OC2CCC(C)CC2)c1)NCC(=O)N(C)C.I. The minimum Gasteiger partial charge on any atom is -0.474 e. The zero-order valence-electron chi connectivity index (χ0n) is 17.4. The Bertz CT molecular complexity index is 631. The highest BCUT2D eigenvalue weighted by Crippen LogP contribution is 2.26. The van der Waals surface area contributed by atoms with Crippen molar-refractivity contribution in [2.75, 3.05) is 27.2 Å². The van der Waals surface area contributed by atoms with E-state index in [9.17, 15) is 4.79 Å². The summed E-state index contributed by atoms with van der Waals surface area (Å²) in [6, 6.07) is 3.89. The van der Waals surface area contributed by atoms with Crippen molar-refractivity contribution in [1.82, 2.24) is 20.5 Å². The van der Waals surface area contributed by atoms with E-state index in [1.807, 2.05) is 19.1 Å². The maximum atomic E-state index is 11.7. The summed E-state index contributed by atoms with van der Waals surface area (Å²) < 4.78 is 6.06. The lowest BCUT2D eigenvalue weighted by Gasteiger charge is -2.26. The molecule has 0 atom stereocenters. The Hall–Kier alpha value is -1.58. The number of pyridine rings is 1. The second-order valence-corrected chi connectivity index (χ2v) is 7.34. The number of hydrogen-bond donors (Lipinski definition) is 2. The van der Waals surface area contributed by atoms with Crippen LogP contribution in [-0.2, 0) is 11.3 Å². The summed E-state index contributed by atoms with van der Waals surface area (Å²) in [5.41, 5.74) is 1.03. The van der Waals surface area contributed by atoms with Crippen LogP contribution in [0.3, 0.4) is 0 Å². The molecule has 28 heavy (non-hydrogen) atoms. The molecule has 1 saturated carbocycles. The zero-order valence-corrected chi connectivity index (χ0v) is 19.7. The molecule has 1 fully saturated rings. The van der Waals surface area contributed by atoms with Gasteiger partial charge in [-0.1, -0.05) is 6.92 Å². The average molecular weight is 503 g/mol. The fourth-order valence-electron chi connectivity index (χ4n) is 2.96. The maximum Gasteiger partial charge on any atom is 0.241 e. The van der Waals surface area contributed by atoms with Crippen molar-refractivity contribution in [2.24, 2.45) is 10.9 Å². The molecule has 1 aliphatic carbocycles. The number of likely N-dealkylation sites (N-methyl/N-ethyl adjacent to an activating group) is 1. The van der Waals surface area contributed by atoms with Crippen molar-refractivity contribution in [3.63, 3.8) is 0 Å². The Balaban J connectivity index is 0.00000392. The minimum atomic E-state index is 0. The molecule has 1 aromatic rings. The molecule has 0 radical (unpaired) electrons. The Morgan fingerprint density at radius 3 is 2.64 bits per heavy atom. The summed E-state index contributed by atoms with van der Waals surface area (Å²) in [6.45, 7) is 5.73. The van der Waals surface area contributed by atoms with Gasteiger partial charge in [0.05, 0.1) is 13.1 Å². The van der Waals surface area contributed by atoms with E-state index >= 15 is 0 Å². The van der Waals surface area contributed by atoms with E-state index in [4.69, 9.17) is 4.74 Å². The molecule has 0 bridgehead atoms. The van der Waals surface area contributed by atoms with Crippen LogP contribution in [0.2, 0.25) is 0 Å². The Kier molecular flexibility index (Phi) is 11.2. The summed E-state index contributed by atoms with van der Waals surface area (Å²) in [6.07, 6.45) is 6.67. The molecule has 1 amide bonds. The second-order valence-electron chi connectivity index (χ2n) is 7.34. The molecule has 1 heterocycles. The third-order valence-electron chi connectivity index (χ3n) is 4.72. The number of aliphatic imine (C=N–C) groups is 1. The summed E-state index contributed by atoms with van der Waals surface area (Å²) in [5, 5.41) is 6.21. The highest BCUT2D eigenvalue weighted by molar-refractivity contribution is 14.0. The molecule has 2 N–H and O–H groups in total. The third kappa shape index (κ3) is 8.62. The average Bonchev–Trinajstić information content (AvgIpc) is 2.66. The van der Waals surface area contributed by atoms with Crippen molar-refractivity contribution in [1.29, 1.82) is 0 Å². The van der Waals surface area contributed by atoms with Gasteiger partial charge >= 0.3 is 0 Å². The van der Waals surface area contributed by atoms with E-state index in [2.05, 4.69) is 27.5 Å². The van der Waals surface area contributed by atoms with Crippen LogP contribution in [0.4, 0.5) is 0 Å². The van der Waals surface area contributed by atoms with Crippen molar-refractivity contribution in [2.45, 2.75) is 52.2 Å². The van der Waals surface area contributed by atoms with Gasteiger partial charge in [-0.2, -0.15) is 0 Å². The summed E-state index contributed by atoms with van der Waals surface area (Å²) in [5.74, 6) is 2.09. The van der Waals surface area contributed by atoms with Crippen molar-refractivity contribution >= 4 is 35.8 Å². The number of nitrogens with zero attached hydrogens (tertiary/aromatic N) is 3. The van der Waals surface area contributed by atoms with Crippen LogP contribution in [-0.4, -0.2) is 55.0 Å². The normalized spacial score (nSPS) is 19.4. The number of aromatic nitrogens is 1. The molecule has 0 unspecified atom stereocenters. The van der Waals surface area contributed by atoms with Gasteiger partial charge in [0.1, 0.15) is 6.10 Å². The molecular formula is C20H34IN5O2. The molecule has 0 aromatic carbocycles. The molecule has 0 saturated heterocycles. The van der Waals surface area contributed by atoms with Crippen LogP contribution < -0.4 is 15.4 Å². The van der Waals surface area contributed by atoms with Gasteiger partial charge in [0.25, 0.3) is 0 Å². The van der Waals surface area contributed by atoms with E-state index < -0.39 is 0 Å². The number of amides is 1. The summed E-state index contributed by atoms with van der Waals surface area (Å²) in [7, 11) is 3.47. The first-order chi connectivity index (χ1) is 13.0. The van der Waals surface area contributed by atoms with Gasteiger partial charge in [-0.25, -0.2) is 9.98 Å². The highest BCUT2D eigenvalue weighted by atomic mass is 127. The quantitative estimate of drug-likeness (QED) is 0.340. The van der Waals surface area contributed by atoms with Crippen LogP contribution in [0.15, 0.2) is 23.3 Å². The molecule has 1 aromatic heterocycles. The molecular weight excluding hydrogens is 469 g/mol. The predicted molar refractivity (Wildman–Crippen MR) is 123 cm³/mol.